The molecule has 2 N–H and O–H groups in total. The van der Waals surface area contributed by atoms with Gasteiger partial charge in [-0.1, -0.05) is 11.6 Å². The molecule has 0 bridgehead atoms. The van der Waals surface area contributed by atoms with Crippen molar-refractivity contribution < 1.29 is 14.0 Å². The number of ether oxygens (including phenoxy) is 1. The van der Waals surface area contributed by atoms with E-state index in [1.165, 1.54) is 19.2 Å². The van der Waals surface area contributed by atoms with Gasteiger partial charge in [-0.15, -0.1) is 0 Å². The molecule has 0 amide bonds. The molecular weight excluding hydrogens is 197 g/mol. The van der Waals surface area contributed by atoms with E-state index in [4.69, 9.17) is 22.2 Å². The molecule has 5 heteroatoms. The van der Waals surface area contributed by atoms with Crippen molar-refractivity contribution in [3.05, 3.63) is 28.5 Å². The third-order valence-electron chi connectivity index (χ3n) is 1.53. The van der Waals surface area contributed by atoms with Crippen molar-refractivity contribution in [1.29, 1.82) is 0 Å². The predicted octanol–water partition coefficient (Wildman–Crippen LogP) is 1.88. The van der Waals surface area contributed by atoms with Gasteiger partial charge >= 0.3 is 0 Å². The van der Waals surface area contributed by atoms with Crippen molar-refractivity contribution in [2.24, 2.45) is 5.90 Å². The standard InChI is InChI=1S/C8H9ClFNO2/c1-12-8-5(4-13-11)2-6(9)3-7(8)10/h2-3H,4,11H2,1H3. The third-order valence-corrected chi connectivity index (χ3v) is 1.75. The summed E-state index contributed by atoms with van der Waals surface area (Å²) in [7, 11) is 1.37. The van der Waals surface area contributed by atoms with E-state index >= 15 is 0 Å². The van der Waals surface area contributed by atoms with Gasteiger partial charge in [0.1, 0.15) is 0 Å². The maximum atomic E-state index is 13.1. The molecule has 0 saturated heterocycles. The lowest BCUT2D eigenvalue weighted by Gasteiger charge is -2.08. The van der Waals surface area contributed by atoms with E-state index in [0.717, 1.165) is 0 Å². The van der Waals surface area contributed by atoms with Gasteiger partial charge in [-0.05, 0) is 12.1 Å². The summed E-state index contributed by atoms with van der Waals surface area (Å²) < 4.78 is 17.9. The van der Waals surface area contributed by atoms with E-state index in [1.807, 2.05) is 0 Å². The Hall–Kier alpha value is -0.840. The number of rotatable bonds is 3. The zero-order valence-corrected chi connectivity index (χ0v) is 7.77. The van der Waals surface area contributed by atoms with Crippen LogP contribution >= 0.6 is 11.6 Å². The molecule has 0 atom stereocenters. The summed E-state index contributed by atoms with van der Waals surface area (Å²) >= 11 is 5.62. The van der Waals surface area contributed by atoms with Gasteiger partial charge in [-0.2, -0.15) is 0 Å². The normalized spacial score (nSPS) is 10.2. The molecule has 0 heterocycles. The summed E-state index contributed by atoms with van der Waals surface area (Å²) in [5.74, 6) is 4.44. The number of hydrogen-bond donors (Lipinski definition) is 1. The molecule has 1 rings (SSSR count). The zero-order valence-electron chi connectivity index (χ0n) is 7.01. The van der Waals surface area contributed by atoms with Crippen LogP contribution < -0.4 is 10.6 Å². The Morgan fingerprint density at radius 1 is 1.54 bits per heavy atom. The van der Waals surface area contributed by atoms with Crippen LogP contribution in [0, 0.1) is 5.82 Å². The second-order valence-corrected chi connectivity index (χ2v) is 2.83. The Kier molecular flexibility index (Phi) is 3.48. The topological polar surface area (TPSA) is 44.5 Å². The van der Waals surface area contributed by atoms with Gasteiger partial charge in [-0.3, -0.25) is 4.84 Å². The van der Waals surface area contributed by atoms with Crippen molar-refractivity contribution in [3.8, 4) is 5.75 Å². The molecular formula is C8H9ClFNO2. The summed E-state index contributed by atoms with van der Waals surface area (Å²) in [6.45, 7) is 0.0562. The molecule has 0 saturated carbocycles. The molecule has 0 aliphatic heterocycles. The zero-order chi connectivity index (χ0) is 9.84. The van der Waals surface area contributed by atoms with E-state index in [0.29, 0.717) is 5.56 Å². The summed E-state index contributed by atoms with van der Waals surface area (Å²) in [4.78, 5) is 4.38. The first-order valence-electron chi connectivity index (χ1n) is 3.52. The number of nitrogens with two attached hydrogens (primary N) is 1. The summed E-state index contributed by atoms with van der Waals surface area (Å²) in [5.41, 5.74) is 0.481. The van der Waals surface area contributed by atoms with Gasteiger partial charge in [0.2, 0.25) is 0 Å². The lowest BCUT2D eigenvalue weighted by molar-refractivity contribution is 0.121. The summed E-state index contributed by atoms with van der Waals surface area (Å²) in [5, 5.41) is 0.283. The molecule has 1 aromatic rings. The van der Waals surface area contributed by atoms with Crippen molar-refractivity contribution in [2.45, 2.75) is 6.61 Å². The molecule has 0 aliphatic rings. The molecule has 0 aliphatic carbocycles. The number of benzene rings is 1. The lowest BCUT2D eigenvalue weighted by Crippen LogP contribution is -2.02. The minimum Gasteiger partial charge on any atom is -0.493 e. The molecule has 13 heavy (non-hydrogen) atoms. The first-order valence-corrected chi connectivity index (χ1v) is 3.90. The first kappa shape index (κ1) is 10.2. The van der Waals surface area contributed by atoms with Crippen LogP contribution in [0.1, 0.15) is 5.56 Å². The van der Waals surface area contributed by atoms with Crippen molar-refractivity contribution in [3.63, 3.8) is 0 Å². The van der Waals surface area contributed by atoms with Gasteiger partial charge in [0, 0.05) is 10.6 Å². The Balaban J connectivity index is 3.13. The average molecular weight is 206 g/mol. The van der Waals surface area contributed by atoms with E-state index in [1.54, 1.807) is 0 Å². The van der Waals surface area contributed by atoms with Crippen LogP contribution in [0.2, 0.25) is 5.02 Å². The highest BCUT2D eigenvalue weighted by atomic mass is 35.5. The Morgan fingerprint density at radius 3 is 2.77 bits per heavy atom. The maximum Gasteiger partial charge on any atom is 0.166 e. The smallest absolute Gasteiger partial charge is 0.166 e. The molecule has 0 spiro atoms. The Morgan fingerprint density at radius 2 is 2.23 bits per heavy atom. The molecule has 0 aromatic heterocycles. The average Bonchev–Trinajstić information content (AvgIpc) is 2.04. The highest BCUT2D eigenvalue weighted by molar-refractivity contribution is 6.30. The minimum absolute atomic E-state index is 0.0562. The van der Waals surface area contributed by atoms with Crippen molar-refractivity contribution in [1.82, 2.24) is 0 Å². The van der Waals surface area contributed by atoms with Crippen LogP contribution in [0.4, 0.5) is 4.39 Å². The van der Waals surface area contributed by atoms with Crippen LogP contribution in [0.15, 0.2) is 12.1 Å². The molecule has 0 fully saturated rings. The monoisotopic (exact) mass is 205 g/mol. The molecule has 0 unspecified atom stereocenters. The van der Waals surface area contributed by atoms with E-state index in [2.05, 4.69) is 4.84 Å². The molecule has 0 radical (unpaired) electrons. The summed E-state index contributed by atoms with van der Waals surface area (Å²) in [6, 6.07) is 2.71. The minimum atomic E-state index is -0.526. The second-order valence-electron chi connectivity index (χ2n) is 2.39. The van der Waals surface area contributed by atoms with E-state index in [-0.39, 0.29) is 17.4 Å². The third kappa shape index (κ3) is 2.30. The van der Waals surface area contributed by atoms with Crippen molar-refractivity contribution in [2.75, 3.05) is 7.11 Å². The lowest BCUT2D eigenvalue weighted by atomic mass is 10.2. The van der Waals surface area contributed by atoms with Gasteiger partial charge < -0.3 is 4.74 Å². The number of hydrogen-bond acceptors (Lipinski definition) is 3. The van der Waals surface area contributed by atoms with Crippen LogP contribution in [-0.4, -0.2) is 7.11 Å². The summed E-state index contributed by atoms with van der Waals surface area (Å²) in [6.07, 6.45) is 0. The molecule has 3 nitrogen and oxygen atoms in total. The first-order chi connectivity index (χ1) is 6.19. The number of methoxy groups -OCH3 is 1. The van der Waals surface area contributed by atoms with Gasteiger partial charge in [-0.25, -0.2) is 10.3 Å². The van der Waals surface area contributed by atoms with Crippen molar-refractivity contribution >= 4 is 11.6 Å². The maximum absolute atomic E-state index is 13.1. The van der Waals surface area contributed by atoms with Crippen LogP contribution in [0.5, 0.6) is 5.75 Å². The van der Waals surface area contributed by atoms with Crippen LogP contribution in [-0.2, 0) is 11.4 Å². The predicted molar refractivity (Wildman–Crippen MR) is 46.9 cm³/mol. The fourth-order valence-electron chi connectivity index (χ4n) is 1.04. The second kappa shape index (κ2) is 4.41. The molecule has 72 valence electrons. The fourth-order valence-corrected chi connectivity index (χ4v) is 1.27. The molecule has 1 aromatic carbocycles. The quantitative estimate of drug-likeness (QED) is 0.767. The van der Waals surface area contributed by atoms with Crippen LogP contribution in [0.3, 0.4) is 0 Å². The van der Waals surface area contributed by atoms with Gasteiger partial charge in [0.25, 0.3) is 0 Å². The fraction of sp³-hybridized carbons (Fsp3) is 0.250. The van der Waals surface area contributed by atoms with E-state index < -0.39 is 5.82 Å². The van der Waals surface area contributed by atoms with Crippen LogP contribution in [0.25, 0.3) is 0 Å². The van der Waals surface area contributed by atoms with Gasteiger partial charge in [0.15, 0.2) is 11.6 Å². The highest BCUT2D eigenvalue weighted by Crippen LogP contribution is 2.26. The van der Waals surface area contributed by atoms with Gasteiger partial charge in [0.05, 0.1) is 13.7 Å². The SMILES string of the molecule is COc1c(F)cc(Cl)cc1CON. The number of halogens is 2. The largest absolute Gasteiger partial charge is 0.493 e. The highest BCUT2D eigenvalue weighted by Gasteiger charge is 2.10. The van der Waals surface area contributed by atoms with E-state index in [9.17, 15) is 4.39 Å². The Bertz CT molecular complexity index is 306. The Labute approximate surface area is 80.2 Å².